The average Bonchev–Trinajstić information content (AvgIpc) is 3.27. The Balaban J connectivity index is 1.59. The molecule has 1 aromatic carbocycles. The number of hydrogen-bond donors (Lipinski definition) is 1. The van der Waals surface area contributed by atoms with Crippen molar-refractivity contribution in [1.82, 2.24) is 15.1 Å². The molecular formula is C21H25N3O4S. The van der Waals surface area contributed by atoms with E-state index in [1.54, 1.807) is 16.9 Å². The molecular weight excluding hydrogens is 390 g/mol. The van der Waals surface area contributed by atoms with Gasteiger partial charge in [-0.2, -0.15) is 0 Å². The van der Waals surface area contributed by atoms with Gasteiger partial charge in [-0.1, -0.05) is 18.2 Å². The topological polar surface area (TPSA) is 79.0 Å². The quantitative estimate of drug-likeness (QED) is 0.785. The van der Waals surface area contributed by atoms with Gasteiger partial charge in [0.15, 0.2) is 0 Å². The number of methoxy groups -OCH3 is 1. The molecule has 0 saturated carbocycles. The van der Waals surface area contributed by atoms with E-state index >= 15 is 0 Å². The van der Waals surface area contributed by atoms with Crippen molar-refractivity contribution in [3.05, 3.63) is 52.2 Å². The lowest BCUT2D eigenvalue weighted by molar-refractivity contribution is -0.133. The van der Waals surface area contributed by atoms with Crippen LogP contribution < -0.4 is 10.1 Å². The second-order valence-electron chi connectivity index (χ2n) is 6.88. The normalized spacial score (nSPS) is 15.0. The molecule has 1 saturated heterocycles. The summed E-state index contributed by atoms with van der Waals surface area (Å²) in [6, 6.07) is 10.6. The van der Waals surface area contributed by atoms with Crippen LogP contribution in [0.4, 0.5) is 0 Å². The van der Waals surface area contributed by atoms with Gasteiger partial charge in [0.05, 0.1) is 24.4 Å². The zero-order valence-corrected chi connectivity index (χ0v) is 17.4. The van der Waals surface area contributed by atoms with Crippen molar-refractivity contribution in [2.24, 2.45) is 0 Å². The molecule has 29 heavy (non-hydrogen) atoms. The summed E-state index contributed by atoms with van der Waals surface area (Å²) in [6.07, 6.45) is 0.171. The summed E-state index contributed by atoms with van der Waals surface area (Å²) in [5.74, 6) is 0.502. The fourth-order valence-electron chi connectivity index (χ4n) is 3.35. The summed E-state index contributed by atoms with van der Waals surface area (Å²) >= 11 is 1.43. The van der Waals surface area contributed by atoms with E-state index in [4.69, 9.17) is 4.74 Å². The molecule has 154 valence electrons. The number of amides is 3. The van der Waals surface area contributed by atoms with E-state index in [1.165, 1.54) is 18.3 Å². The highest BCUT2D eigenvalue weighted by molar-refractivity contribution is 7.12. The lowest BCUT2D eigenvalue weighted by Gasteiger charge is -2.35. The molecule has 0 bridgehead atoms. The molecule has 0 spiro atoms. The van der Waals surface area contributed by atoms with Crippen molar-refractivity contribution >= 4 is 29.1 Å². The first-order valence-corrected chi connectivity index (χ1v) is 10.4. The van der Waals surface area contributed by atoms with Crippen LogP contribution in [-0.4, -0.2) is 60.8 Å². The van der Waals surface area contributed by atoms with Gasteiger partial charge >= 0.3 is 0 Å². The largest absolute Gasteiger partial charge is 0.497 e. The number of nitrogens with one attached hydrogen (secondary N) is 1. The minimum atomic E-state index is -0.406. The number of carbonyl (C=O) groups is 3. The molecule has 1 N–H and O–H groups in total. The Bertz CT molecular complexity index is 843. The van der Waals surface area contributed by atoms with Crippen LogP contribution in [0, 0.1) is 0 Å². The monoisotopic (exact) mass is 415 g/mol. The van der Waals surface area contributed by atoms with Crippen molar-refractivity contribution in [2.75, 3.05) is 33.3 Å². The first-order chi connectivity index (χ1) is 14.0. The second kappa shape index (κ2) is 9.56. The van der Waals surface area contributed by atoms with Crippen molar-refractivity contribution in [3.8, 4) is 5.75 Å². The number of ether oxygens (including phenoxy) is 1. The minimum absolute atomic E-state index is 0.0152. The van der Waals surface area contributed by atoms with E-state index < -0.39 is 6.04 Å². The molecule has 1 aliphatic rings. The van der Waals surface area contributed by atoms with Gasteiger partial charge in [-0.25, -0.2) is 0 Å². The summed E-state index contributed by atoms with van der Waals surface area (Å²) in [5, 5.41) is 4.74. The third kappa shape index (κ3) is 5.35. The van der Waals surface area contributed by atoms with Crippen LogP contribution >= 0.6 is 11.3 Å². The lowest BCUT2D eigenvalue weighted by atomic mass is 10.0. The van der Waals surface area contributed by atoms with E-state index in [0.29, 0.717) is 31.9 Å². The molecule has 3 amide bonds. The summed E-state index contributed by atoms with van der Waals surface area (Å²) in [7, 11) is 1.59. The zero-order chi connectivity index (χ0) is 20.8. The number of nitrogens with zero attached hydrogens (tertiary/aromatic N) is 2. The Morgan fingerprint density at radius 3 is 2.28 bits per heavy atom. The van der Waals surface area contributed by atoms with Crippen LogP contribution in [-0.2, 0) is 9.59 Å². The van der Waals surface area contributed by atoms with E-state index in [9.17, 15) is 14.4 Å². The molecule has 7 nitrogen and oxygen atoms in total. The molecule has 2 aromatic rings. The van der Waals surface area contributed by atoms with Gasteiger partial charge in [0, 0.05) is 33.1 Å². The minimum Gasteiger partial charge on any atom is -0.497 e. The first kappa shape index (κ1) is 20.9. The van der Waals surface area contributed by atoms with Gasteiger partial charge in [-0.05, 0) is 29.1 Å². The Kier molecular flexibility index (Phi) is 6.87. The SMILES string of the molecule is COc1ccc([C@@H](CC(=O)N2CCN(C(=O)c3cccs3)CC2)NC(C)=O)cc1. The Morgan fingerprint density at radius 2 is 1.72 bits per heavy atom. The van der Waals surface area contributed by atoms with Crippen LogP contribution in [0.5, 0.6) is 5.75 Å². The molecule has 0 radical (unpaired) electrons. The van der Waals surface area contributed by atoms with Gasteiger partial charge in [0.25, 0.3) is 5.91 Å². The van der Waals surface area contributed by atoms with E-state index in [2.05, 4.69) is 5.32 Å². The maximum Gasteiger partial charge on any atom is 0.264 e. The van der Waals surface area contributed by atoms with Crippen LogP contribution in [0.2, 0.25) is 0 Å². The van der Waals surface area contributed by atoms with Crippen molar-refractivity contribution in [3.63, 3.8) is 0 Å². The predicted molar refractivity (Wildman–Crippen MR) is 111 cm³/mol. The number of hydrogen-bond acceptors (Lipinski definition) is 5. The van der Waals surface area contributed by atoms with Crippen LogP contribution in [0.3, 0.4) is 0 Å². The Morgan fingerprint density at radius 1 is 1.07 bits per heavy atom. The van der Waals surface area contributed by atoms with Gasteiger partial charge in [-0.3, -0.25) is 14.4 Å². The van der Waals surface area contributed by atoms with Gasteiger partial charge in [0.1, 0.15) is 5.75 Å². The summed E-state index contributed by atoms with van der Waals surface area (Å²) in [4.78, 5) is 41.2. The van der Waals surface area contributed by atoms with E-state index in [-0.39, 0.29) is 24.1 Å². The fraction of sp³-hybridized carbons (Fsp3) is 0.381. The Hall–Kier alpha value is -2.87. The van der Waals surface area contributed by atoms with Crippen LogP contribution in [0.1, 0.15) is 34.6 Å². The van der Waals surface area contributed by atoms with Crippen LogP contribution in [0.15, 0.2) is 41.8 Å². The zero-order valence-electron chi connectivity index (χ0n) is 16.6. The van der Waals surface area contributed by atoms with E-state index in [1.807, 2.05) is 41.8 Å². The molecule has 0 aliphatic carbocycles. The molecule has 1 fully saturated rings. The number of carbonyl (C=O) groups excluding carboxylic acids is 3. The third-order valence-electron chi connectivity index (χ3n) is 4.93. The number of thiophene rings is 1. The summed E-state index contributed by atoms with van der Waals surface area (Å²) < 4.78 is 5.17. The average molecular weight is 416 g/mol. The smallest absolute Gasteiger partial charge is 0.264 e. The lowest BCUT2D eigenvalue weighted by Crippen LogP contribution is -2.51. The standard InChI is InChI=1S/C21H25N3O4S/c1-15(25)22-18(16-5-7-17(28-2)8-6-16)14-20(26)23-9-11-24(12-10-23)21(27)19-4-3-13-29-19/h3-8,13,18H,9-12,14H2,1-2H3,(H,22,25)/t18-/m1/s1. The predicted octanol–water partition coefficient (Wildman–Crippen LogP) is 2.31. The highest BCUT2D eigenvalue weighted by Gasteiger charge is 2.27. The number of piperazine rings is 1. The Labute approximate surface area is 174 Å². The van der Waals surface area contributed by atoms with Gasteiger partial charge in [0.2, 0.25) is 11.8 Å². The molecule has 1 atom stereocenters. The van der Waals surface area contributed by atoms with Crippen molar-refractivity contribution in [1.29, 1.82) is 0 Å². The molecule has 3 rings (SSSR count). The fourth-order valence-corrected chi connectivity index (χ4v) is 4.04. The third-order valence-corrected chi connectivity index (χ3v) is 5.78. The molecule has 0 unspecified atom stereocenters. The highest BCUT2D eigenvalue weighted by Crippen LogP contribution is 2.22. The molecule has 2 heterocycles. The molecule has 1 aromatic heterocycles. The summed E-state index contributed by atoms with van der Waals surface area (Å²) in [5.41, 5.74) is 0.848. The highest BCUT2D eigenvalue weighted by atomic mass is 32.1. The number of rotatable bonds is 6. The first-order valence-electron chi connectivity index (χ1n) is 9.49. The van der Waals surface area contributed by atoms with Gasteiger partial charge in [-0.15, -0.1) is 11.3 Å². The molecule has 8 heteroatoms. The van der Waals surface area contributed by atoms with Crippen LogP contribution in [0.25, 0.3) is 0 Å². The maximum atomic E-state index is 12.8. The van der Waals surface area contributed by atoms with E-state index in [0.717, 1.165) is 10.4 Å². The number of benzene rings is 1. The maximum absolute atomic E-state index is 12.8. The van der Waals surface area contributed by atoms with Gasteiger partial charge < -0.3 is 19.9 Å². The van der Waals surface area contributed by atoms with Crippen molar-refractivity contribution < 1.29 is 19.1 Å². The summed E-state index contributed by atoms with van der Waals surface area (Å²) in [6.45, 7) is 3.44. The van der Waals surface area contributed by atoms with Crippen molar-refractivity contribution in [2.45, 2.75) is 19.4 Å². The second-order valence-corrected chi connectivity index (χ2v) is 7.83. The molecule has 1 aliphatic heterocycles.